The minimum absolute atomic E-state index is 0.625. The van der Waals surface area contributed by atoms with Crippen molar-refractivity contribution in [2.24, 2.45) is 0 Å². The quantitative estimate of drug-likeness (QED) is 0.737. The summed E-state index contributed by atoms with van der Waals surface area (Å²) in [5.74, 6) is 0. The summed E-state index contributed by atoms with van der Waals surface area (Å²) in [6.45, 7) is 4.67. The van der Waals surface area contributed by atoms with E-state index in [1.165, 1.54) is 48.1 Å². The first-order valence-electron chi connectivity index (χ1n) is 10.5. The van der Waals surface area contributed by atoms with Crippen molar-refractivity contribution in [3.8, 4) is 0 Å². The molecule has 0 heterocycles. The van der Waals surface area contributed by atoms with Crippen LogP contribution in [0.2, 0.25) is 0 Å². The molecule has 27 heavy (non-hydrogen) atoms. The minimum atomic E-state index is -2.27. The van der Waals surface area contributed by atoms with Crippen LogP contribution in [-0.2, 0) is 0 Å². The normalized spacial score (nSPS) is 18.7. The Bertz CT molecular complexity index is 790. The van der Waals surface area contributed by atoms with Gasteiger partial charge in [0.05, 0.1) is 0 Å². The number of hydrogen-bond donors (Lipinski definition) is 1. The highest BCUT2D eigenvalue weighted by molar-refractivity contribution is 7.06. The summed E-state index contributed by atoms with van der Waals surface area (Å²) in [6, 6.07) is 23.2. The number of hydrogen-bond acceptors (Lipinski definition) is 1. The maximum Gasteiger partial charge on any atom is 0.222 e. The molecule has 0 bridgehead atoms. The summed E-state index contributed by atoms with van der Waals surface area (Å²) in [4.78, 5) is 4.34. The van der Waals surface area contributed by atoms with Crippen molar-refractivity contribution in [1.29, 1.82) is 0 Å². The Morgan fingerprint density at radius 3 is 1.81 bits per heavy atom. The lowest BCUT2D eigenvalue weighted by Gasteiger charge is -2.41. The summed E-state index contributed by atoms with van der Waals surface area (Å²) >= 11 is 0. The molecule has 1 fully saturated rings. The molecule has 1 nitrogen and oxygen atoms in total. The second kappa shape index (κ2) is 8.00. The van der Waals surface area contributed by atoms with Crippen molar-refractivity contribution in [2.75, 3.05) is 0 Å². The first-order chi connectivity index (χ1) is 13.2. The van der Waals surface area contributed by atoms with Crippen molar-refractivity contribution >= 4 is 18.6 Å². The van der Waals surface area contributed by atoms with Crippen LogP contribution in [0.15, 0.2) is 83.1 Å². The van der Waals surface area contributed by atoms with Crippen LogP contribution in [0.4, 0.5) is 0 Å². The fourth-order valence-corrected chi connectivity index (χ4v) is 10.2. The highest BCUT2D eigenvalue weighted by Crippen LogP contribution is 2.33. The predicted octanol–water partition coefficient (Wildman–Crippen LogP) is 4.87. The van der Waals surface area contributed by atoms with Gasteiger partial charge in [0.2, 0.25) is 8.24 Å². The standard InChI is InChI=1S/C25H31NSi/c1-20-18-19-21(2)25(20)27(23-14-8-4-9-15-23,24-16-10-5-11-17-24)26-22-12-6-3-7-13-22/h4-5,8-11,14-18,22,26H,3,6-7,12-13,19H2,1-2H3. The van der Waals surface area contributed by atoms with Gasteiger partial charge in [-0.05, 0) is 48.7 Å². The fourth-order valence-electron chi connectivity index (χ4n) is 5.09. The molecule has 0 unspecified atom stereocenters. The zero-order valence-corrected chi connectivity index (χ0v) is 17.7. The molecule has 0 amide bonds. The molecular weight excluding hydrogens is 342 g/mol. The first-order valence-corrected chi connectivity index (χ1v) is 12.5. The van der Waals surface area contributed by atoms with Crippen LogP contribution in [0.3, 0.4) is 0 Å². The van der Waals surface area contributed by atoms with E-state index in [0.717, 1.165) is 6.42 Å². The lowest BCUT2D eigenvalue weighted by atomic mass is 9.96. The maximum atomic E-state index is 4.34. The molecule has 4 rings (SSSR count). The van der Waals surface area contributed by atoms with E-state index in [1.807, 2.05) is 0 Å². The molecule has 2 aliphatic carbocycles. The second-order valence-electron chi connectivity index (χ2n) is 8.21. The zero-order valence-electron chi connectivity index (χ0n) is 16.7. The number of nitrogens with one attached hydrogen (secondary N) is 1. The Kier molecular flexibility index (Phi) is 5.47. The van der Waals surface area contributed by atoms with Gasteiger partial charge < -0.3 is 4.98 Å². The molecule has 140 valence electrons. The third kappa shape index (κ3) is 3.49. The smallest absolute Gasteiger partial charge is 0.222 e. The van der Waals surface area contributed by atoms with E-state index in [1.54, 1.807) is 10.8 Å². The molecule has 1 saturated carbocycles. The molecular formula is C25H31NSi. The molecule has 0 aromatic heterocycles. The van der Waals surface area contributed by atoms with Crippen LogP contribution in [0.25, 0.3) is 0 Å². The Morgan fingerprint density at radius 1 is 0.778 bits per heavy atom. The van der Waals surface area contributed by atoms with Gasteiger partial charge in [-0.25, -0.2) is 0 Å². The minimum Gasteiger partial charge on any atom is -0.324 e. The third-order valence-corrected chi connectivity index (χ3v) is 11.2. The molecule has 2 heteroatoms. The lowest BCUT2D eigenvalue weighted by Crippen LogP contribution is -2.72. The van der Waals surface area contributed by atoms with Crippen LogP contribution in [0.5, 0.6) is 0 Å². The van der Waals surface area contributed by atoms with Crippen molar-refractivity contribution in [1.82, 2.24) is 4.98 Å². The summed E-state index contributed by atoms with van der Waals surface area (Å²) in [7, 11) is -2.27. The molecule has 0 spiro atoms. The molecule has 1 N–H and O–H groups in total. The molecule has 2 aromatic carbocycles. The van der Waals surface area contributed by atoms with Crippen LogP contribution in [0.1, 0.15) is 52.4 Å². The van der Waals surface area contributed by atoms with Gasteiger partial charge in [0.25, 0.3) is 0 Å². The average Bonchev–Trinajstić information content (AvgIpc) is 3.07. The van der Waals surface area contributed by atoms with Gasteiger partial charge in [-0.15, -0.1) is 0 Å². The summed E-state index contributed by atoms with van der Waals surface area (Å²) in [5, 5.41) is 4.60. The van der Waals surface area contributed by atoms with E-state index in [2.05, 4.69) is 85.6 Å². The number of benzene rings is 2. The monoisotopic (exact) mass is 373 g/mol. The highest BCUT2D eigenvalue weighted by atomic mass is 28.3. The summed E-state index contributed by atoms with van der Waals surface area (Å²) in [5.41, 5.74) is 3.03. The Hall–Kier alpha value is -1.90. The molecule has 0 saturated heterocycles. The first kappa shape index (κ1) is 18.5. The van der Waals surface area contributed by atoms with Crippen molar-refractivity contribution < 1.29 is 0 Å². The maximum absolute atomic E-state index is 4.34. The van der Waals surface area contributed by atoms with Gasteiger partial charge in [0.15, 0.2) is 0 Å². The lowest BCUT2D eigenvalue weighted by molar-refractivity contribution is 0.416. The Morgan fingerprint density at radius 2 is 1.33 bits per heavy atom. The predicted molar refractivity (Wildman–Crippen MR) is 119 cm³/mol. The highest BCUT2D eigenvalue weighted by Gasteiger charge is 2.45. The zero-order chi connectivity index (χ0) is 18.7. The largest absolute Gasteiger partial charge is 0.324 e. The van der Waals surface area contributed by atoms with Gasteiger partial charge >= 0.3 is 0 Å². The van der Waals surface area contributed by atoms with Crippen LogP contribution in [0, 0.1) is 0 Å². The van der Waals surface area contributed by atoms with Crippen LogP contribution >= 0.6 is 0 Å². The van der Waals surface area contributed by atoms with E-state index in [4.69, 9.17) is 0 Å². The van der Waals surface area contributed by atoms with Gasteiger partial charge in [-0.1, -0.05) is 97.1 Å². The van der Waals surface area contributed by atoms with Crippen molar-refractivity contribution in [3.63, 3.8) is 0 Å². The Balaban J connectivity index is 1.94. The Labute approximate surface area is 165 Å². The van der Waals surface area contributed by atoms with Crippen molar-refractivity contribution in [2.45, 2.75) is 58.4 Å². The fraction of sp³-hybridized carbons (Fsp3) is 0.360. The SMILES string of the molecule is CC1=CCC(C)=C1[Si](NC1CCCCC1)(c1ccccc1)c1ccccc1. The van der Waals surface area contributed by atoms with Crippen LogP contribution < -0.4 is 15.4 Å². The number of rotatable bonds is 5. The van der Waals surface area contributed by atoms with E-state index >= 15 is 0 Å². The molecule has 0 aliphatic heterocycles. The van der Waals surface area contributed by atoms with Gasteiger partial charge in [-0.3, -0.25) is 0 Å². The topological polar surface area (TPSA) is 12.0 Å². The van der Waals surface area contributed by atoms with Gasteiger partial charge in [-0.2, -0.15) is 0 Å². The second-order valence-corrected chi connectivity index (χ2v) is 11.7. The van der Waals surface area contributed by atoms with E-state index in [9.17, 15) is 0 Å². The van der Waals surface area contributed by atoms with Crippen molar-refractivity contribution in [3.05, 3.63) is 83.1 Å². The van der Waals surface area contributed by atoms with Gasteiger partial charge in [0, 0.05) is 6.04 Å². The van der Waals surface area contributed by atoms with Gasteiger partial charge in [0.1, 0.15) is 0 Å². The van der Waals surface area contributed by atoms with E-state index < -0.39 is 8.24 Å². The van der Waals surface area contributed by atoms with E-state index in [-0.39, 0.29) is 0 Å². The summed E-state index contributed by atoms with van der Waals surface area (Å²) in [6.07, 6.45) is 10.3. The van der Waals surface area contributed by atoms with Crippen LogP contribution in [-0.4, -0.2) is 14.3 Å². The summed E-state index contributed by atoms with van der Waals surface area (Å²) < 4.78 is 0. The molecule has 0 atom stereocenters. The molecule has 0 radical (unpaired) electrons. The number of allylic oxidation sites excluding steroid dienone is 4. The third-order valence-electron chi connectivity index (χ3n) is 6.35. The van der Waals surface area contributed by atoms with E-state index in [0.29, 0.717) is 6.04 Å². The molecule has 2 aliphatic rings. The molecule has 2 aromatic rings. The average molecular weight is 374 g/mol.